The zero-order valence-corrected chi connectivity index (χ0v) is 6.07. The molecule has 0 fully saturated rings. The average Bonchev–Trinajstić information content (AvgIpc) is 1.90. The van der Waals surface area contributed by atoms with Crippen molar-refractivity contribution in [1.82, 2.24) is 0 Å². The summed E-state index contributed by atoms with van der Waals surface area (Å²) in [6.45, 7) is 7.75. The van der Waals surface area contributed by atoms with E-state index in [-0.39, 0.29) is 0 Å². The molecule has 0 aromatic heterocycles. The summed E-state index contributed by atoms with van der Waals surface area (Å²) >= 11 is 0. The quantitative estimate of drug-likeness (QED) is 0.388. The second-order valence-electron chi connectivity index (χ2n) is 1.79. The van der Waals surface area contributed by atoms with Gasteiger partial charge in [0, 0.05) is 5.57 Å². The predicted molar refractivity (Wildman–Crippen MR) is 42.0 cm³/mol. The van der Waals surface area contributed by atoms with Crippen molar-refractivity contribution >= 4 is 0 Å². The van der Waals surface area contributed by atoms with Crippen LogP contribution in [0.25, 0.3) is 0 Å². The third kappa shape index (κ3) is 2.19. The predicted octanol–water partition coefficient (Wildman–Crippen LogP) is 2.53. The van der Waals surface area contributed by atoms with E-state index in [0.29, 0.717) is 0 Å². The molecule has 0 saturated heterocycles. The van der Waals surface area contributed by atoms with Crippen molar-refractivity contribution in [2.24, 2.45) is 0 Å². The van der Waals surface area contributed by atoms with Crippen LogP contribution in [0.2, 0.25) is 0 Å². The molecule has 0 heteroatoms. The van der Waals surface area contributed by atoms with Crippen molar-refractivity contribution in [1.29, 1.82) is 0 Å². The highest BCUT2D eigenvalue weighted by molar-refractivity contribution is 5.41. The Morgan fingerprint density at radius 1 is 1.78 bits per heavy atom. The van der Waals surface area contributed by atoms with E-state index in [0.717, 1.165) is 17.6 Å². The second-order valence-corrected chi connectivity index (χ2v) is 1.79. The number of hydrogen-bond acceptors (Lipinski definition) is 0. The molecule has 0 aliphatic carbocycles. The Labute approximate surface area is 57.3 Å². The van der Waals surface area contributed by atoms with Crippen molar-refractivity contribution < 1.29 is 0 Å². The Bertz CT molecular complexity index is 165. The summed E-state index contributed by atoms with van der Waals surface area (Å²) < 4.78 is 0. The van der Waals surface area contributed by atoms with E-state index in [1.54, 1.807) is 0 Å². The first kappa shape index (κ1) is 8.04. The maximum absolute atomic E-state index is 5.13. The van der Waals surface area contributed by atoms with E-state index in [1.165, 1.54) is 0 Å². The minimum Gasteiger partial charge on any atom is -0.115 e. The van der Waals surface area contributed by atoms with Gasteiger partial charge in [-0.25, -0.2) is 0 Å². The van der Waals surface area contributed by atoms with Crippen LogP contribution in [0.5, 0.6) is 0 Å². The Balaban J connectivity index is 4.19. The lowest BCUT2D eigenvalue weighted by atomic mass is 10.1. The van der Waals surface area contributed by atoms with Crippen LogP contribution in [0.1, 0.15) is 20.3 Å². The van der Waals surface area contributed by atoms with Crippen LogP contribution in [-0.2, 0) is 0 Å². The summed E-state index contributed by atoms with van der Waals surface area (Å²) in [6.07, 6.45) is 8.11. The van der Waals surface area contributed by atoms with Gasteiger partial charge < -0.3 is 0 Å². The topological polar surface area (TPSA) is 0 Å². The van der Waals surface area contributed by atoms with Crippen LogP contribution < -0.4 is 0 Å². The van der Waals surface area contributed by atoms with E-state index in [2.05, 4.69) is 19.4 Å². The summed E-state index contributed by atoms with van der Waals surface area (Å²) in [5.41, 5.74) is 1.97. The summed E-state index contributed by atoms with van der Waals surface area (Å²) in [5.74, 6) is 2.50. The Morgan fingerprint density at radius 3 is 2.44 bits per heavy atom. The highest BCUT2D eigenvalue weighted by atomic mass is 14.0. The van der Waals surface area contributed by atoms with Crippen molar-refractivity contribution in [3.63, 3.8) is 0 Å². The molecule has 0 spiro atoms. The smallest absolute Gasteiger partial charge is 0.0199 e. The largest absolute Gasteiger partial charge is 0.115 e. The highest BCUT2D eigenvalue weighted by Gasteiger charge is 1.92. The number of rotatable bonds is 2. The molecule has 0 aromatic carbocycles. The molecule has 0 unspecified atom stereocenters. The Kier molecular flexibility index (Phi) is 3.55. The molecule has 0 atom stereocenters. The molecule has 0 nitrogen and oxygen atoms in total. The lowest BCUT2D eigenvalue weighted by molar-refractivity contribution is 1.13. The van der Waals surface area contributed by atoms with Gasteiger partial charge in [0.1, 0.15) is 0 Å². The molecule has 0 amide bonds. The SMILES string of the molecule is C#CC(=C)/C(=C\C)CC. The monoisotopic (exact) mass is 120 g/mol. The number of terminal acetylenes is 1. The van der Waals surface area contributed by atoms with E-state index < -0.39 is 0 Å². The van der Waals surface area contributed by atoms with Gasteiger partial charge in [0.15, 0.2) is 0 Å². The van der Waals surface area contributed by atoms with E-state index in [9.17, 15) is 0 Å². The maximum Gasteiger partial charge on any atom is 0.0199 e. The van der Waals surface area contributed by atoms with Crippen LogP contribution >= 0.6 is 0 Å². The number of allylic oxidation sites excluding steroid dienone is 3. The van der Waals surface area contributed by atoms with E-state index in [1.807, 2.05) is 13.0 Å². The molecular formula is C9H12. The van der Waals surface area contributed by atoms with Gasteiger partial charge in [-0.3, -0.25) is 0 Å². The molecule has 48 valence electrons. The van der Waals surface area contributed by atoms with E-state index >= 15 is 0 Å². The molecule has 0 aliphatic heterocycles. The first-order valence-corrected chi connectivity index (χ1v) is 3.07. The fourth-order valence-electron chi connectivity index (χ4n) is 0.684. The lowest BCUT2D eigenvalue weighted by Gasteiger charge is -1.97. The van der Waals surface area contributed by atoms with Crippen LogP contribution in [0, 0.1) is 12.3 Å². The molecule has 0 aliphatic rings. The van der Waals surface area contributed by atoms with Gasteiger partial charge in [0.05, 0.1) is 0 Å². The molecule has 9 heavy (non-hydrogen) atoms. The van der Waals surface area contributed by atoms with Gasteiger partial charge in [0.2, 0.25) is 0 Å². The van der Waals surface area contributed by atoms with Gasteiger partial charge in [-0.15, -0.1) is 6.42 Å². The summed E-state index contributed by atoms with van der Waals surface area (Å²) in [6, 6.07) is 0. The molecule has 0 radical (unpaired) electrons. The number of hydrogen-bond donors (Lipinski definition) is 0. The summed E-state index contributed by atoms with van der Waals surface area (Å²) in [5, 5.41) is 0. The van der Waals surface area contributed by atoms with Crippen molar-refractivity contribution in [2.75, 3.05) is 0 Å². The van der Waals surface area contributed by atoms with Crippen molar-refractivity contribution in [3.05, 3.63) is 23.8 Å². The van der Waals surface area contributed by atoms with Gasteiger partial charge in [-0.2, -0.15) is 0 Å². The Morgan fingerprint density at radius 2 is 2.33 bits per heavy atom. The highest BCUT2D eigenvalue weighted by Crippen LogP contribution is 2.09. The molecular weight excluding hydrogens is 108 g/mol. The minimum absolute atomic E-state index is 0.806. The standard InChI is InChI=1S/C9H12/c1-5-8(4)9(6-2)7-3/h1,6H,4,7H2,2-3H3/b9-6-. The molecule has 0 N–H and O–H groups in total. The molecule has 0 saturated carbocycles. The van der Waals surface area contributed by atoms with Crippen LogP contribution in [0.4, 0.5) is 0 Å². The zero-order chi connectivity index (χ0) is 7.28. The molecule has 0 aromatic rings. The molecule has 0 rings (SSSR count). The van der Waals surface area contributed by atoms with Crippen molar-refractivity contribution in [3.8, 4) is 12.3 Å². The van der Waals surface area contributed by atoms with Crippen LogP contribution in [0.15, 0.2) is 23.8 Å². The normalized spacial score (nSPS) is 10.6. The van der Waals surface area contributed by atoms with Crippen LogP contribution in [-0.4, -0.2) is 0 Å². The second kappa shape index (κ2) is 3.97. The molecule has 0 bridgehead atoms. The third-order valence-electron chi connectivity index (χ3n) is 1.29. The fraction of sp³-hybridized carbons (Fsp3) is 0.333. The van der Waals surface area contributed by atoms with Gasteiger partial charge in [0.25, 0.3) is 0 Å². The van der Waals surface area contributed by atoms with Crippen molar-refractivity contribution in [2.45, 2.75) is 20.3 Å². The maximum atomic E-state index is 5.13. The van der Waals surface area contributed by atoms with Gasteiger partial charge >= 0.3 is 0 Å². The first-order chi connectivity index (χ1) is 4.26. The minimum atomic E-state index is 0.806. The Hall–Kier alpha value is -0.960. The fourth-order valence-corrected chi connectivity index (χ4v) is 0.684. The third-order valence-corrected chi connectivity index (χ3v) is 1.29. The van der Waals surface area contributed by atoms with E-state index in [4.69, 9.17) is 6.42 Å². The zero-order valence-electron chi connectivity index (χ0n) is 6.07. The van der Waals surface area contributed by atoms with Gasteiger partial charge in [-0.1, -0.05) is 25.5 Å². The molecule has 0 heterocycles. The summed E-state index contributed by atoms with van der Waals surface area (Å²) in [7, 11) is 0. The summed E-state index contributed by atoms with van der Waals surface area (Å²) in [4.78, 5) is 0. The average molecular weight is 120 g/mol. The lowest BCUT2D eigenvalue weighted by Crippen LogP contribution is -1.80. The van der Waals surface area contributed by atoms with Gasteiger partial charge in [-0.05, 0) is 18.9 Å². The van der Waals surface area contributed by atoms with Crippen LogP contribution in [0.3, 0.4) is 0 Å². The first-order valence-electron chi connectivity index (χ1n) is 3.07.